The van der Waals surface area contributed by atoms with Crippen molar-refractivity contribution in [2.24, 2.45) is 0 Å². The van der Waals surface area contributed by atoms with E-state index in [0.29, 0.717) is 12.8 Å². The average molecular weight is 669 g/mol. The third-order valence-corrected chi connectivity index (χ3v) is 9.08. The predicted octanol–water partition coefficient (Wildman–Crippen LogP) is 0.379. The van der Waals surface area contributed by atoms with E-state index in [1.54, 1.807) is 4.90 Å². The average Bonchev–Trinajstić information content (AvgIpc) is 2.96. The van der Waals surface area contributed by atoms with Crippen LogP contribution in [0, 0.1) is 0 Å². The molecular formula is C30H57N2O12P. The van der Waals surface area contributed by atoms with Crippen LogP contribution in [0.15, 0.2) is 0 Å². The summed E-state index contributed by atoms with van der Waals surface area (Å²) in [7, 11) is -5.23. The highest BCUT2D eigenvalue weighted by molar-refractivity contribution is 7.45. The Balaban J connectivity index is 0.00000246. The number of carbonyl (C=O) groups excluding carboxylic acids is 4. The SMILES string of the molecule is CCCCCCCCCCOP(=O)([O-])O[C@H]1O[C@H](C(O)C(C)=O)[C@](O)(C(C)=O)[C@@](O)(C(C)=O)[C@H]1NC(C)=O.CC[NH+](CC)CC. The van der Waals surface area contributed by atoms with Crippen molar-refractivity contribution in [3.05, 3.63) is 0 Å². The van der Waals surface area contributed by atoms with Crippen LogP contribution in [0.5, 0.6) is 0 Å². The van der Waals surface area contributed by atoms with E-state index in [9.17, 15) is 44.0 Å². The van der Waals surface area contributed by atoms with Gasteiger partial charge in [-0.1, -0.05) is 51.9 Å². The van der Waals surface area contributed by atoms with Gasteiger partial charge >= 0.3 is 0 Å². The normalized spacial score (nSPS) is 26.7. The van der Waals surface area contributed by atoms with Crippen LogP contribution in [-0.4, -0.2) is 101 Å². The molecule has 1 aliphatic heterocycles. The van der Waals surface area contributed by atoms with Crippen LogP contribution >= 0.6 is 7.82 Å². The lowest BCUT2D eigenvalue weighted by molar-refractivity contribution is -0.894. The van der Waals surface area contributed by atoms with Crippen molar-refractivity contribution < 1.29 is 62.6 Å². The van der Waals surface area contributed by atoms with Crippen LogP contribution in [0.4, 0.5) is 0 Å². The minimum atomic E-state index is -5.23. The maximum absolute atomic E-state index is 12.7. The van der Waals surface area contributed by atoms with Gasteiger partial charge in [0.1, 0.15) is 18.2 Å². The maximum Gasteiger partial charge on any atom is 0.270 e. The van der Waals surface area contributed by atoms with Gasteiger partial charge in [-0.25, -0.2) is 0 Å². The van der Waals surface area contributed by atoms with E-state index in [4.69, 9.17) is 13.8 Å². The summed E-state index contributed by atoms with van der Waals surface area (Å²) in [5.41, 5.74) is -6.55. The molecule has 1 heterocycles. The van der Waals surface area contributed by atoms with Crippen LogP contribution in [0.1, 0.15) is 107 Å². The second-order valence-corrected chi connectivity index (χ2v) is 12.8. The molecule has 1 saturated heterocycles. The number of ether oxygens (including phenoxy) is 1. The van der Waals surface area contributed by atoms with Gasteiger partial charge in [0.15, 0.2) is 34.8 Å². The highest BCUT2D eigenvalue weighted by Gasteiger charge is 2.72. The van der Waals surface area contributed by atoms with Crippen LogP contribution in [0.3, 0.4) is 0 Å². The number of nitrogens with one attached hydrogen (secondary N) is 2. The second kappa shape index (κ2) is 20.6. The Bertz CT molecular complexity index is 988. The van der Waals surface area contributed by atoms with Crippen LogP contribution in [0.2, 0.25) is 0 Å². The molecule has 0 saturated carbocycles. The third-order valence-electron chi connectivity index (χ3n) is 8.11. The first-order chi connectivity index (χ1) is 20.9. The number of ketones is 3. The molecule has 0 aromatic carbocycles. The Kier molecular flexibility index (Phi) is 19.9. The molecule has 1 rings (SSSR count). The summed E-state index contributed by atoms with van der Waals surface area (Å²) < 4.78 is 27.7. The molecule has 1 fully saturated rings. The molecule has 2 unspecified atom stereocenters. The zero-order valence-corrected chi connectivity index (χ0v) is 29.2. The lowest BCUT2D eigenvalue weighted by atomic mass is 9.66. The molecular weight excluding hydrogens is 611 g/mol. The molecule has 14 nitrogen and oxygen atoms in total. The fourth-order valence-corrected chi connectivity index (χ4v) is 6.08. The Hall–Kier alpha value is -1.61. The van der Waals surface area contributed by atoms with E-state index in [1.807, 2.05) is 0 Å². The van der Waals surface area contributed by atoms with Crippen molar-refractivity contribution in [1.82, 2.24) is 5.32 Å². The highest BCUT2D eigenvalue weighted by Crippen LogP contribution is 2.47. The molecule has 0 radical (unpaired) electrons. The largest absolute Gasteiger partial charge is 0.756 e. The van der Waals surface area contributed by atoms with Gasteiger partial charge in [0.05, 0.1) is 26.2 Å². The summed E-state index contributed by atoms with van der Waals surface area (Å²) in [6.07, 6.45) is 0.585. The zero-order chi connectivity index (χ0) is 35.0. The van der Waals surface area contributed by atoms with Gasteiger partial charge in [-0.15, -0.1) is 0 Å². The van der Waals surface area contributed by atoms with Gasteiger partial charge in [0, 0.05) is 6.92 Å². The van der Waals surface area contributed by atoms with Gasteiger partial charge in [-0.3, -0.25) is 28.3 Å². The summed E-state index contributed by atoms with van der Waals surface area (Å²) in [6.45, 7) is 15.7. The number of aliphatic hydroxyl groups is 3. The lowest BCUT2D eigenvalue weighted by Crippen LogP contribution is -3.11. The fourth-order valence-electron chi connectivity index (χ4n) is 5.24. The van der Waals surface area contributed by atoms with Crippen molar-refractivity contribution in [3.8, 4) is 0 Å². The first-order valence-electron chi connectivity index (χ1n) is 16.0. The van der Waals surface area contributed by atoms with Gasteiger partial charge in [-0.05, 0) is 48.0 Å². The Labute approximate surface area is 267 Å². The number of rotatable bonds is 20. The molecule has 0 aromatic heterocycles. The van der Waals surface area contributed by atoms with Gasteiger partial charge < -0.3 is 39.7 Å². The number of phosphoric acid groups is 1. The number of hydrogen-bond acceptors (Lipinski definition) is 12. The van der Waals surface area contributed by atoms with Crippen molar-refractivity contribution in [1.29, 1.82) is 0 Å². The molecule has 5 N–H and O–H groups in total. The highest BCUT2D eigenvalue weighted by atomic mass is 31.2. The van der Waals surface area contributed by atoms with Crippen molar-refractivity contribution >= 4 is 31.1 Å². The van der Waals surface area contributed by atoms with Crippen molar-refractivity contribution in [3.63, 3.8) is 0 Å². The number of quaternary nitrogens is 1. The van der Waals surface area contributed by atoms with Gasteiger partial charge in [-0.2, -0.15) is 0 Å². The fraction of sp³-hybridized carbons (Fsp3) is 0.867. The molecule has 15 heteroatoms. The number of Topliss-reactive ketones (excluding diaryl/α,β-unsaturated/α-hetero) is 3. The molecule has 7 atom stereocenters. The predicted molar refractivity (Wildman–Crippen MR) is 164 cm³/mol. The Morgan fingerprint density at radius 3 is 1.71 bits per heavy atom. The smallest absolute Gasteiger partial charge is 0.270 e. The molecule has 0 spiro atoms. The number of hydrogen-bond donors (Lipinski definition) is 5. The lowest BCUT2D eigenvalue weighted by Gasteiger charge is -2.55. The first-order valence-corrected chi connectivity index (χ1v) is 17.4. The third kappa shape index (κ3) is 12.5. The number of phosphoric ester groups is 1. The number of amides is 1. The summed E-state index contributed by atoms with van der Waals surface area (Å²) in [4.78, 5) is 63.3. The topological polar surface area (TPSA) is 213 Å². The number of unbranched alkanes of at least 4 members (excludes halogenated alkanes) is 7. The molecule has 0 aromatic rings. The van der Waals surface area contributed by atoms with E-state index in [1.165, 1.54) is 19.6 Å². The molecule has 0 aliphatic carbocycles. The van der Waals surface area contributed by atoms with Crippen molar-refractivity contribution in [2.75, 3.05) is 26.2 Å². The molecule has 264 valence electrons. The minimum Gasteiger partial charge on any atom is -0.756 e. The summed E-state index contributed by atoms with van der Waals surface area (Å²) in [5, 5.41) is 35.2. The minimum absolute atomic E-state index is 0.249. The summed E-state index contributed by atoms with van der Waals surface area (Å²) in [5.74, 6) is -4.55. The van der Waals surface area contributed by atoms with E-state index in [0.717, 1.165) is 66.2 Å². The molecule has 1 amide bonds. The standard InChI is InChI=1S/C24H42NO12P.C6H15N/c1-6-7-8-9-10-11-12-13-14-35-38(33,34)37-22-20(25-18(5)29)23(31,16(3)27)24(32,17(4)28)21(36-22)19(30)15(2)26;1-4-7(5-2)6-3/h19-22,30-32H,6-14H2,1-5H3,(H,25,29)(H,33,34);4-6H2,1-3H3/t19?,20-,21+,22+,23+,24+;/m0./s1. The summed E-state index contributed by atoms with van der Waals surface area (Å²) in [6, 6.07) is -2.16. The van der Waals surface area contributed by atoms with E-state index < -0.39 is 66.8 Å². The molecule has 1 aliphatic rings. The Morgan fingerprint density at radius 2 is 1.33 bits per heavy atom. The number of carbonyl (C=O) groups is 4. The van der Waals surface area contributed by atoms with Crippen LogP contribution in [0.25, 0.3) is 0 Å². The van der Waals surface area contributed by atoms with Gasteiger partial charge in [0.25, 0.3) is 7.82 Å². The molecule has 0 bridgehead atoms. The maximum atomic E-state index is 12.7. The number of aliphatic hydroxyl groups excluding tert-OH is 1. The monoisotopic (exact) mass is 668 g/mol. The molecule has 45 heavy (non-hydrogen) atoms. The summed E-state index contributed by atoms with van der Waals surface area (Å²) >= 11 is 0. The second-order valence-electron chi connectivity index (χ2n) is 11.5. The van der Waals surface area contributed by atoms with Crippen LogP contribution in [-0.2, 0) is 37.5 Å². The van der Waals surface area contributed by atoms with Crippen molar-refractivity contribution in [2.45, 2.75) is 142 Å². The van der Waals surface area contributed by atoms with Gasteiger partial charge in [0.2, 0.25) is 5.91 Å². The van der Waals surface area contributed by atoms with E-state index >= 15 is 0 Å². The van der Waals surface area contributed by atoms with E-state index in [-0.39, 0.29) is 6.61 Å². The first kappa shape index (κ1) is 43.4. The zero-order valence-electron chi connectivity index (χ0n) is 28.3. The van der Waals surface area contributed by atoms with E-state index in [2.05, 4.69) is 33.0 Å². The Morgan fingerprint density at radius 1 is 0.867 bits per heavy atom. The van der Waals surface area contributed by atoms with Crippen LogP contribution < -0.4 is 15.1 Å². The quantitative estimate of drug-likeness (QED) is 0.0880.